The second-order valence-corrected chi connectivity index (χ2v) is 8.19. The first kappa shape index (κ1) is 20.5. The second-order valence-electron chi connectivity index (χ2n) is 7.76. The second kappa shape index (κ2) is 8.96. The van der Waals surface area contributed by atoms with Crippen LogP contribution in [-0.4, -0.2) is 37.6 Å². The zero-order valence-corrected chi connectivity index (χ0v) is 17.8. The van der Waals surface area contributed by atoms with Crippen molar-refractivity contribution in [1.82, 2.24) is 0 Å². The average molecular weight is 428 g/mol. The number of nitrogens with one attached hydrogen (secondary N) is 1. The van der Waals surface area contributed by atoms with Crippen molar-refractivity contribution in [2.75, 3.05) is 34.8 Å². The Morgan fingerprint density at radius 1 is 1.03 bits per heavy atom. The van der Waals surface area contributed by atoms with Gasteiger partial charge in [0.2, 0.25) is 5.91 Å². The average Bonchev–Trinajstić information content (AvgIpc) is 3.02. The molecule has 1 saturated heterocycles. The summed E-state index contributed by atoms with van der Waals surface area (Å²) in [5.74, 6) is 0.101. The lowest BCUT2D eigenvalue weighted by molar-refractivity contribution is -0.123. The number of rotatable bonds is 3. The number of amides is 2. The summed E-state index contributed by atoms with van der Waals surface area (Å²) >= 11 is 6.23. The smallest absolute Gasteiger partial charge is 0.267 e. The van der Waals surface area contributed by atoms with Crippen LogP contribution < -0.4 is 19.9 Å². The number of carbonyl (C=O) groups is 2. The Morgan fingerprint density at radius 2 is 1.77 bits per heavy atom. The van der Waals surface area contributed by atoms with Crippen LogP contribution in [0.25, 0.3) is 0 Å². The molecule has 0 aliphatic carbocycles. The molecule has 158 valence electrons. The largest absolute Gasteiger partial charge is 0.476 e. The molecule has 1 N–H and O–H groups in total. The third kappa shape index (κ3) is 4.38. The van der Waals surface area contributed by atoms with E-state index in [1.165, 1.54) is 19.8 Å². The predicted molar refractivity (Wildman–Crippen MR) is 120 cm³/mol. The van der Waals surface area contributed by atoms with Crippen molar-refractivity contribution >= 4 is 40.5 Å². The lowest BCUT2D eigenvalue weighted by atomic mass is 10.1. The molecule has 2 aromatic rings. The third-order valence-corrected chi connectivity index (χ3v) is 5.84. The number of benzene rings is 2. The number of para-hydroxylation sites is 2. The first-order chi connectivity index (χ1) is 14.5. The Kier molecular flexibility index (Phi) is 6.13. The number of ether oxygens (including phenoxy) is 1. The van der Waals surface area contributed by atoms with E-state index in [1.807, 2.05) is 30.3 Å². The number of hydrogen-bond donors (Lipinski definition) is 1. The van der Waals surface area contributed by atoms with Crippen LogP contribution in [-0.2, 0) is 9.59 Å². The van der Waals surface area contributed by atoms with Gasteiger partial charge in [-0.25, -0.2) is 0 Å². The molecule has 1 fully saturated rings. The number of fused-ring (bicyclic) bond motifs is 1. The van der Waals surface area contributed by atoms with Crippen molar-refractivity contribution in [1.29, 1.82) is 0 Å². The molecule has 1 atom stereocenters. The summed E-state index contributed by atoms with van der Waals surface area (Å²) in [4.78, 5) is 29.1. The molecular weight excluding hydrogens is 402 g/mol. The highest BCUT2D eigenvalue weighted by Gasteiger charge is 2.33. The van der Waals surface area contributed by atoms with Gasteiger partial charge in [-0.1, -0.05) is 36.6 Å². The minimum atomic E-state index is -0.806. The zero-order chi connectivity index (χ0) is 21.1. The molecule has 0 saturated carbocycles. The van der Waals surface area contributed by atoms with E-state index in [2.05, 4.69) is 10.2 Å². The maximum Gasteiger partial charge on any atom is 0.267 e. The van der Waals surface area contributed by atoms with Gasteiger partial charge < -0.3 is 19.9 Å². The molecule has 6 nitrogen and oxygen atoms in total. The van der Waals surface area contributed by atoms with E-state index in [4.69, 9.17) is 16.3 Å². The highest BCUT2D eigenvalue weighted by Crippen LogP contribution is 2.35. The van der Waals surface area contributed by atoms with Gasteiger partial charge in [-0.3, -0.25) is 9.59 Å². The molecule has 4 rings (SSSR count). The fraction of sp³-hybridized carbons (Fsp3) is 0.391. The topological polar surface area (TPSA) is 61.9 Å². The quantitative estimate of drug-likeness (QED) is 0.784. The van der Waals surface area contributed by atoms with Crippen LogP contribution in [0.15, 0.2) is 42.5 Å². The monoisotopic (exact) mass is 427 g/mol. The molecule has 2 aromatic carbocycles. The standard InChI is InChI=1S/C23H26ClN3O3/c1-16(28)27-15-22(30-21-9-5-4-8-20(21)27)23(29)25-18-14-17(24)10-11-19(18)26-12-6-2-3-7-13-26/h4-5,8-11,14,22H,2-3,6-7,12-13,15H2,1H3,(H,25,29)/t22-/m1/s1. The van der Waals surface area contributed by atoms with Crippen molar-refractivity contribution in [3.05, 3.63) is 47.5 Å². The van der Waals surface area contributed by atoms with E-state index < -0.39 is 6.10 Å². The van der Waals surface area contributed by atoms with Crippen LogP contribution in [0.1, 0.15) is 32.6 Å². The SMILES string of the molecule is CC(=O)N1C[C@H](C(=O)Nc2cc(Cl)ccc2N2CCCCCC2)Oc2ccccc21. The lowest BCUT2D eigenvalue weighted by Crippen LogP contribution is -2.48. The van der Waals surface area contributed by atoms with E-state index in [9.17, 15) is 9.59 Å². The summed E-state index contributed by atoms with van der Waals surface area (Å²) in [5.41, 5.74) is 2.32. The van der Waals surface area contributed by atoms with Crippen molar-refractivity contribution in [3.63, 3.8) is 0 Å². The summed E-state index contributed by atoms with van der Waals surface area (Å²) < 4.78 is 5.93. The molecule has 30 heavy (non-hydrogen) atoms. The summed E-state index contributed by atoms with van der Waals surface area (Å²) in [7, 11) is 0. The van der Waals surface area contributed by atoms with Gasteiger partial charge in [0.05, 0.1) is 23.6 Å². The Morgan fingerprint density at radius 3 is 2.50 bits per heavy atom. The maximum absolute atomic E-state index is 13.1. The molecule has 2 amide bonds. The van der Waals surface area contributed by atoms with E-state index in [0.29, 0.717) is 22.1 Å². The Hall–Kier alpha value is -2.73. The number of halogens is 1. The normalized spacial score (nSPS) is 18.8. The molecule has 2 aliphatic rings. The van der Waals surface area contributed by atoms with Gasteiger partial charge in [-0.15, -0.1) is 0 Å². The summed E-state index contributed by atoms with van der Waals surface area (Å²) in [6.45, 7) is 3.56. The van der Waals surface area contributed by atoms with Crippen molar-refractivity contribution < 1.29 is 14.3 Å². The summed E-state index contributed by atoms with van der Waals surface area (Å²) in [5, 5.41) is 3.56. The first-order valence-corrected chi connectivity index (χ1v) is 10.8. The molecule has 7 heteroatoms. The number of carbonyl (C=O) groups excluding carboxylic acids is 2. The molecular formula is C23H26ClN3O3. The van der Waals surface area contributed by atoms with Crippen molar-refractivity contribution in [3.8, 4) is 5.75 Å². The van der Waals surface area contributed by atoms with Crippen LogP contribution in [0.5, 0.6) is 5.75 Å². The number of anilines is 3. The van der Waals surface area contributed by atoms with Crippen LogP contribution in [0, 0.1) is 0 Å². The van der Waals surface area contributed by atoms with Gasteiger partial charge in [0.1, 0.15) is 5.75 Å². The Balaban J connectivity index is 1.57. The molecule has 0 unspecified atom stereocenters. The lowest BCUT2D eigenvalue weighted by Gasteiger charge is -2.34. The van der Waals surface area contributed by atoms with Gasteiger partial charge in [-0.05, 0) is 43.2 Å². The Bertz CT molecular complexity index is 941. The van der Waals surface area contributed by atoms with Crippen molar-refractivity contribution in [2.24, 2.45) is 0 Å². The number of hydrogen-bond acceptors (Lipinski definition) is 4. The van der Waals surface area contributed by atoms with E-state index >= 15 is 0 Å². The summed E-state index contributed by atoms with van der Waals surface area (Å²) in [6.07, 6.45) is 3.90. The fourth-order valence-corrected chi connectivity index (χ4v) is 4.25. The molecule has 0 bridgehead atoms. The fourth-order valence-electron chi connectivity index (χ4n) is 4.08. The van der Waals surface area contributed by atoms with Gasteiger partial charge >= 0.3 is 0 Å². The van der Waals surface area contributed by atoms with E-state index in [0.717, 1.165) is 31.6 Å². The minimum Gasteiger partial charge on any atom is -0.476 e. The zero-order valence-electron chi connectivity index (χ0n) is 17.1. The van der Waals surface area contributed by atoms with Gasteiger partial charge in [0.15, 0.2) is 6.10 Å². The molecule has 0 aromatic heterocycles. The molecule has 2 aliphatic heterocycles. The van der Waals surface area contributed by atoms with E-state index in [1.54, 1.807) is 17.0 Å². The number of nitrogens with zero attached hydrogens (tertiary/aromatic N) is 2. The summed E-state index contributed by atoms with van der Waals surface area (Å²) in [6, 6.07) is 12.8. The Labute approximate surface area is 181 Å². The highest BCUT2D eigenvalue weighted by atomic mass is 35.5. The molecule has 0 radical (unpaired) electrons. The van der Waals surface area contributed by atoms with Gasteiger partial charge in [0.25, 0.3) is 5.91 Å². The highest BCUT2D eigenvalue weighted by molar-refractivity contribution is 6.31. The minimum absolute atomic E-state index is 0.128. The van der Waals surface area contributed by atoms with Crippen LogP contribution in [0.2, 0.25) is 5.02 Å². The van der Waals surface area contributed by atoms with E-state index in [-0.39, 0.29) is 18.4 Å². The van der Waals surface area contributed by atoms with Crippen molar-refractivity contribution in [2.45, 2.75) is 38.7 Å². The first-order valence-electron chi connectivity index (χ1n) is 10.4. The third-order valence-electron chi connectivity index (χ3n) is 5.61. The predicted octanol–water partition coefficient (Wildman–Crippen LogP) is 4.47. The van der Waals surface area contributed by atoms with Crippen LogP contribution >= 0.6 is 11.6 Å². The van der Waals surface area contributed by atoms with Crippen LogP contribution in [0.3, 0.4) is 0 Å². The molecule has 0 spiro atoms. The molecule has 2 heterocycles. The van der Waals surface area contributed by atoms with Gasteiger partial charge in [0, 0.05) is 25.0 Å². The van der Waals surface area contributed by atoms with Gasteiger partial charge in [-0.2, -0.15) is 0 Å². The van der Waals surface area contributed by atoms with Crippen LogP contribution in [0.4, 0.5) is 17.1 Å². The maximum atomic E-state index is 13.1.